The molecule has 0 aliphatic carbocycles. The maximum Gasteiger partial charge on any atom is 0.410 e. The maximum atomic E-state index is 12.6. The van der Waals surface area contributed by atoms with Crippen molar-refractivity contribution in [2.75, 3.05) is 19.7 Å². The Hall–Kier alpha value is -3.26. The summed E-state index contributed by atoms with van der Waals surface area (Å²) in [5.41, 5.74) is 4.07. The van der Waals surface area contributed by atoms with Crippen LogP contribution in [0.15, 0.2) is 42.6 Å². The average Bonchev–Trinajstić information content (AvgIpc) is 3.12. The van der Waals surface area contributed by atoms with Gasteiger partial charge in [-0.3, -0.25) is 4.98 Å². The Morgan fingerprint density at radius 2 is 1.84 bits per heavy atom. The molecule has 0 radical (unpaired) electrons. The van der Waals surface area contributed by atoms with Gasteiger partial charge in [-0.2, -0.15) is 5.10 Å². The van der Waals surface area contributed by atoms with Gasteiger partial charge in [0.1, 0.15) is 5.60 Å². The number of hydrogen-bond donors (Lipinski definition) is 0. The van der Waals surface area contributed by atoms with Gasteiger partial charge in [-0.25, -0.2) is 14.5 Å². The highest BCUT2D eigenvalue weighted by Crippen LogP contribution is 2.25. The Labute approximate surface area is 220 Å². The van der Waals surface area contributed by atoms with E-state index in [1.807, 2.05) is 68.6 Å². The molecule has 0 saturated carbocycles. The first-order valence-corrected chi connectivity index (χ1v) is 13.2. The highest BCUT2D eigenvalue weighted by molar-refractivity contribution is 5.68. The van der Waals surface area contributed by atoms with Gasteiger partial charge < -0.3 is 14.4 Å². The number of carbonyl (C=O) groups excluding carboxylic acids is 1. The van der Waals surface area contributed by atoms with Crippen LogP contribution in [0.1, 0.15) is 57.3 Å². The molecule has 198 valence electrons. The summed E-state index contributed by atoms with van der Waals surface area (Å²) in [6.07, 6.45) is 4.77. The van der Waals surface area contributed by atoms with Crippen molar-refractivity contribution in [3.05, 3.63) is 65.2 Å². The number of fused-ring (bicyclic) bond motifs is 1. The van der Waals surface area contributed by atoms with Crippen molar-refractivity contribution in [3.8, 4) is 11.4 Å². The summed E-state index contributed by atoms with van der Waals surface area (Å²) < 4.78 is 13.3. The molecule has 0 saturated heterocycles. The molecule has 8 heteroatoms. The Morgan fingerprint density at radius 3 is 2.54 bits per heavy atom. The topological polar surface area (TPSA) is 82.4 Å². The van der Waals surface area contributed by atoms with E-state index in [9.17, 15) is 4.79 Å². The van der Waals surface area contributed by atoms with E-state index in [2.05, 4.69) is 23.2 Å². The molecule has 8 nitrogen and oxygen atoms in total. The average molecular weight is 506 g/mol. The molecule has 37 heavy (non-hydrogen) atoms. The van der Waals surface area contributed by atoms with E-state index < -0.39 is 5.60 Å². The van der Waals surface area contributed by atoms with Gasteiger partial charge in [-0.05, 0) is 76.8 Å². The third-order valence-electron chi connectivity index (χ3n) is 6.22. The second kappa shape index (κ2) is 11.9. The summed E-state index contributed by atoms with van der Waals surface area (Å²) in [5, 5.41) is 4.83. The van der Waals surface area contributed by atoms with E-state index in [1.165, 1.54) is 11.1 Å². The van der Waals surface area contributed by atoms with Crippen molar-refractivity contribution in [1.82, 2.24) is 24.6 Å². The molecule has 3 aromatic rings. The molecule has 3 heterocycles. The predicted molar refractivity (Wildman–Crippen MR) is 143 cm³/mol. The number of amides is 1. The van der Waals surface area contributed by atoms with E-state index >= 15 is 0 Å². The van der Waals surface area contributed by atoms with Crippen LogP contribution in [0, 0.1) is 0 Å². The van der Waals surface area contributed by atoms with Crippen molar-refractivity contribution < 1.29 is 14.3 Å². The third kappa shape index (κ3) is 7.61. The number of aryl methyl sites for hydroxylation is 2. The molecule has 1 aliphatic heterocycles. The SMILES string of the molecule is CC(C)OCCc1nc(-c2ccc3c(c2)CCN(C(=O)OC(C)(C)C)CC3)n(CCc2ccccn2)n1. The van der Waals surface area contributed by atoms with Crippen molar-refractivity contribution in [1.29, 1.82) is 0 Å². The number of rotatable bonds is 8. The normalized spacial score (nSPS) is 13.9. The molecular weight excluding hydrogens is 466 g/mol. The monoisotopic (exact) mass is 505 g/mol. The van der Waals surface area contributed by atoms with Gasteiger partial charge in [-0.1, -0.05) is 18.2 Å². The molecule has 2 aromatic heterocycles. The minimum Gasteiger partial charge on any atom is -0.444 e. The van der Waals surface area contributed by atoms with E-state index in [0.29, 0.717) is 32.7 Å². The first-order valence-electron chi connectivity index (χ1n) is 13.2. The Balaban J connectivity index is 1.54. The van der Waals surface area contributed by atoms with E-state index in [0.717, 1.165) is 42.2 Å². The fourth-order valence-corrected chi connectivity index (χ4v) is 4.39. The highest BCUT2D eigenvalue weighted by Gasteiger charge is 2.24. The fraction of sp³-hybridized carbons (Fsp3) is 0.517. The number of aromatic nitrogens is 4. The quantitative estimate of drug-likeness (QED) is 0.434. The number of pyridine rings is 1. The zero-order chi connectivity index (χ0) is 26.4. The number of carbonyl (C=O) groups is 1. The molecular formula is C29H39N5O3. The lowest BCUT2D eigenvalue weighted by Crippen LogP contribution is -2.38. The van der Waals surface area contributed by atoms with Crippen LogP contribution in [0.3, 0.4) is 0 Å². The smallest absolute Gasteiger partial charge is 0.410 e. The Bertz CT molecular complexity index is 1180. The van der Waals surface area contributed by atoms with Crippen LogP contribution < -0.4 is 0 Å². The van der Waals surface area contributed by atoms with Gasteiger partial charge in [0.2, 0.25) is 0 Å². The predicted octanol–water partition coefficient (Wildman–Crippen LogP) is 4.89. The second-order valence-electron chi connectivity index (χ2n) is 10.8. The molecule has 1 amide bonds. The lowest BCUT2D eigenvalue weighted by atomic mass is 10.00. The van der Waals surface area contributed by atoms with Gasteiger partial charge >= 0.3 is 6.09 Å². The van der Waals surface area contributed by atoms with Crippen molar-refractivity contribution in [3.63, 3.8) is 0 Å². The molecule has 0 N–H and O–H groups in total. The lowest BCUT2D eigenvalue weighted by Gasteiger charge is -2.26. The number of hydrogen-bond acceptors (Lipinski definition) is 6. The first-order chi connectivity index (χ1) is 17.7. The van der Waals surface area contributed by atoms with Crippen LogP contribution in [0.4, 0.5) is 4.79 Å². The summed E-state index contributed by atoms with van der Waals surface area (Å²) in [7, 11) is 0. The zero-order valence-corrected chi connectivity index (χ0v) is 22.7. The molecule has 0 bridgehead atoms. The van der Waals surface area contributed by atoms with E-state index in [1.54, 1.807) is 0 Å². The molecule has 4 rings (SSSR count). The van der Waals surface area contributed by atoms with Crippen molar-refractivity contribution >= 4 is 6.09 Å². The summed E-state index contributed by atoms with van der Waals surface area (Å²) >= 11 is 0. The maximum absolute atomic E-state index is 12.6. The third-order valence-corrected chi connectivity index (χ3v) is 6.22. The van der Waals surface area contributed by atoms with Crippen LogP contribution in [-0.2, 0) is 41.7 Å². The summed E-state index contributed by atoms with van der Waals surface area (Å²) in [4.78, 5) is 23.8. The summed E-state index contributed by atoms with van der Waals surface area (Å²) in [6.45, 7) is 12.3. The van der Waals surface area contributed by atoms with Crippen LogP contribution in [0.5, 0.6) is 0 Å². The van der Waals surface area contributed by atoms with Crippen molar-refractivity contribution in [2.45, 2.75) is 78.6 Å². The van der Waals surface area contributed by atoms with Gasteiger partial charge in [0.15, 0.2) is 11.6 Å². The molecule has 1 aliphatic rings. The zero-order valence-electron chi connectivity index (χ0n) is 22.7. The first kappa shape index (κ1) is 26.8. The van der Waals surface area contributed by atoms with Crippen molar-refractivity contribution in [2.24, 2.45) is 0 Å². The highest BCUT2D eigenvalue weighted by atomic mass is 16.6. The molecule has 0 unspecified atom stereocenters. The van der Waals surface area contributed by atoms with Gasteiger partial charge in [-0.15, -0.1) is 0 Å². The minimum atomic E-state index is -0.499. The second-order valence-corrected chi connectivity index (χ2v) is 10.8. The standard InChI is InChI=1S/C29H39N5O3/c1-21(2)36-19-14-26-31-27(34(32-26)18-13-25-8-6-7-15-30-25)24-10-9-22-11-16-33(17-12-23(22)20-24)28(35)37-29(3,4)5/h6-10,15,20-21H,11-14,16-19H2,1-5H3. The van der Waals surface area contributed by atoms with E-state index in [4.69, 9.17) is 19.6 Å². The number of nitrogens with zero attached hydrogens (tertiary/aromatic N) is 5. The Kier molecular flexibility index (Phi) is 8.59. The largest absolute Gasteiger partial charge is 0.444 e. The minimum absolute atomic E-state index is 0.176. The fourth-order valence-electron chi connectivity index (χ4n) is 4.39. The van der Waals surface area contributed by atoms with Crippen LogP contribution >= 0.6 is 0 Å². The molecule has 0 atom stereocenters. The van der Waals surface area contributed by atoms with Crippen LogP contribution in [0.2, 0.25) is 0 Å². The summed E-state index contributed by atoms with van der Waals surface area (Å²) in [5.74, 6) is 1.63. The van der Waals surface area contributed by atoms with Gasteiger partial charge in [0.05, 0.1) is 12.7 Å². The van der Waals surface area contributed by atoms with Gasteiger partial charge in [0, 0.05) is 49.9 Å². The van der Waals surface area contributed by atoms with Gasteiger partial charge in [0.25, 0.3) is 0 Å². The molecule has 0 spiro atoms. The van der Waals surface area contributed by atoms with Crippen LogP contribution in [-0.4, -0.2) is 62.1 Å². The Morgan fingerprint density at radius 1 is 1.05 bits per heavy atom. The van der Waals surface area contributed by atoms with E-state index in [-0.39, 0.29) is 12.2 Å². The number of benzene rings is 1. The lowest BCUT2D eigenvalue weighted by molar-refractivity contribution is 0.0258. The molecule has 0 fully saturated rings. The summed E-state index contributed by atoms with van der Waals surface area (Å²) in [6, 6.07) is 12.5. The molecule has 1 aromatic carbocycles. The van der Waals surface area contributed by atoms with Crippen LogP contribution in [0.25, 0.3) is 11.4 Å². The number of ether oxygens (including phenoxy) is 2.